The summed E-state index contributed by atoms with van der Waals surface area (Å²) in [4.78, 5) is 17.6. The first kappa shape index (κ1) is 17.9. The monoisotopic (exact) mass is 391 g/mol. The molecule has 0 bridgehead atoms. The van der Waals surface area contributed by atoms with Gasteiger partial charge in [-0.2, -0.15) is 9.50 Å². The molecule has 0 saturated heterocycles. The second-order valence-corrected chi connectivity index (χ2v) is 6.91. The largest absolute Gasteiger partial charge is 0.497 e. The normalized spacial score (nSPS) is 12.1. The molecule has 0 aliphatic carbocycles. The van der Waals surface area contributed by atoms with E-state index >= 15 is 0 Å². The van der Waals surface area contributed by atoms with Gasteiger partial charge in [-0.05, 0) is 36.4 Å². The van der Waals surface area contributed by atoms with Crippen LogP contribution in [0.1, 0.15) is 5.56 Å². The molecule has 2 heterocycles. The molecule has 0 amide bonds. The van der Waals surface area contributed by atoms with E-state index in [0.717, 1.165) is 22.6 Å². The van der Waals surface area contributed by atoms with Gasteiger partial charge in [0.15, 0.2) is 5.82 Å². The molecular formula is C21H17N3O3S. The standard InChI is InChI=1S/C21H17N3O3S/c1-26-16-12-10-15(11-13-16)19-22-21-24(23-19)20(25)18(28-21)9-5-7-14-6-3-4-8-17(14)27-2/h3-13H,1-2H3/b7-5+,18-9+. The van der Waals surface area contributed by atoms with Gasteiger partial charge in [0, 0.05) is 11.1 Å². The number of fused-ring (bicyclic) bond motifs is 1. The minimum absolute atomic E-state index is 0.183. The fourth-order valence-corrected chi connectivity index (χ4v) is 3.61. The maximum Gasteiger partial charge on any atom is 0.291 e. The molecule has 0 unspecified atom stereocenters. The molecule has 0 radical (unpaired) electrons. The third-order valence-corrected chi connectivity index (χ3v) is 5.17. The van der Waals surface area contributed by atoms with E-state index in [-0.39, 0.29) is 5.56 Å². The first-order chi connectivity index (χ1) is 13.7. The van der Waals surface area contributed by atoms with Gasteiger partial charge in [0.05, 0.1) is 18.8 Å². The molecule has 2 aromatic heterocycles. The molecule has 7 heteroatoms. The number of para-hydroxylation sites is 1. The summed E-state index contributed by atoms with van der Waals surface area (Å²) < 4.78 is 12.4. The molecule has 0 aliphatic heterocycles. The third kappa shape index (κ3) is 3.39. The SMILES string of the molecule is COc1ccc(-c2nc3s/c(=C/C=C/c4ccccc4OC)c(=O)n3n2)cc1. The zero-order chi connectivity index (χ0) is 19.5. The highest BCUT2D eigenvalue weighted by atomic mass is 32.1. The Kier molecular flexibility index (Phi) is 4.90. The van der Waals surface area contributed by atoms with Crippen molar-refractivity contribution in [3.8, 4) is 22.9 Å². The first-order valence-corrected chi connectivity index (χ1v) is 9.36. The topological polar surface area (TPSA) is 65.7 Å². The van der Waals surface area contributed by atoms with Gasteiger partial charge in [0.1, 0.15) is 11.5 Å². The summed E-state index contributed by atoms with van der Waals surface area (Å²) in [6.45, 7) is 0. The van der Waals surface area contributed by atoms with E-state index in [9.17, 15) is 4.79 Å². The van der Waals surface area contributed by atoms with E-state index < -0.39 is 0 Å². The zero-order valence-electron chi connectivity index (χ0n) is 15.3. The van der Waals surface area contributed by atoms with Crippen LogP contribution in [0.25, 0.3) is 28.5 Å². The number of benzene rings is 2. The van der Waals surface area contributed by atoms with Crippen molar-refractivity contribution in [3.63, 3.8) is 0 Å². The van der Waals surface area contributed by atoms with Crippen molar-refractivity contribution in [1.82, 2.24) is 14.6 Å². The number of hydrogen-bond acceptors (Lipinski definition) is 6. The quantitative estimate of drug-likeness (QED) is 0.523. The molecule has 0 fully saturated rings. The van der Waals surface area contributed by atoms with Crippen molar-refractivity contribution in [2.45, 2.75) is 0 Å². The molecule has 0 atom stereocenters. The van der Waals surface area contributed by atoms with E-state index in [0.29, 0.717) is 15.3 Å². The molecule has 0 spiro atoms. The van der Waals surface area contributed by atoms with E-state index in [1.54, 1.807) is 20.3 Å². The second-order valence-electron chi connectivity index (χ2n) is 5.90. The lowest BCUT2D eigenvalue weighted by molar-refractivity contribution is 0.414. The molecule has 0 saturated carbocycles. The van der Waals surface area contributed by atoms with Crippen LogP contribution in [-0.4, -0.2) is 28.8 Å². The molecule has 4 aromatic rings. The van der Waals surface area contributed by atoms with Crippen molar-refractivity contribution in [2.24, 2.45) is 0 Å². The molecule has 28 heavy (non-hydrogen) atoms. The van der Waals surface area contributed by atoms with Crippen LogP contribution in [0.5, 0.6) is 11.5 Å². The van der Waals surface area contributed by atoms with Gasteiger partial charge in [-0.25, -0.2) is 0 Å². The number of nitrogens with zero attached hydrogens (tertiary/aromatic N) is 3. The summed E-state index contributed by atoms with van der Waals surface area (Å²) in [7, 11) is 3.25. The number of ether oxygens (including phenoxy) is 2. The van der Waals surface area contributed by atoms with Crippen molar-refractivity contribution >= 4 is 28.4 Å². The average Bonchev–Trinajstić information content (AvgIpc) is 3.28. The van der Waals surface area contributed by atoms with Crippen LogP contribution in [0.3, 0.4) is 0 Å². The number of methoxy groups -OCH3 is 2. The molecule has 6 nitrogen and oxygen atoms in total. The van der Waals surface area contributed by atoms with Crippen molar-refractivity contribution in [1.29, 1.82) is 0 Å². The number of hydrogen-bond donors (Lipinski definition) is 0. The average molecular weight is 391 g/mol. The van der Waals surface area contributed by atoms with Gasteiger partial charge >= 0.3 is 0 Å². The van der Waals surface area contributed by atoms with Crippen LogP contribution in [0.2, 0.25) is 0 Å². The Morgan fingerprint density at radius 3 is 2.54 bits per heavy atom. The number of rotatable bonds is 5. The lowest BCUT2D eigenvalue weighted by Gasteiger charge is -2.02. The number of thiazole rings is 1. The predicted octanol–water partition coefficient (Wildman–Crippen LogP) is 3.05. The lowest BCUT2D eigenvalue weighted by Crippen LogP contribution is -2.23. The Morgan fingerprint density at radius 2 is 1.82 bits per heavy atom. The molecule has 4 rings (SSSR count). The van der Waals surface area contributed by atoms with Crippen molar-refractivity contribution in [3.05, 3.63) is 75.1 Å². The minimum Gasteiger partial charge on any atom is -0.497 e. The maximum absolute atomic E-state index is 12.6. The Morgan fingerprint density at radius 1 is 1.04 bits per heavy atom. The van der Waals surface area contributed by atoms with Gasteiger partial charge in [-0.1, -0.05) is 41.7 Å². The lowest BCUT2D eigenvalue weighted by atomic mass is 10.2. The summed E-state index contributed by atoms with van der Waals surface area (Å²) in [6.07, 6.45) is 5.49. The summed E-state index contributed by atoms with van der Waals surface area (Å²) in [5.74, 6) is 2.05. The summed E-state index contributed by atoms with van der Waals surface area (Å²) in [6, 6.07) is 15.1. The molecule has 140 valence electrons. The van der Waals surface area contributed by atoms with Crippen LogP contribution in [-0.2, 0) is 0 Å². The highest BCUT2D eigenvalue weighted by Crippen LogP contribution is 2.20. The highest BCUT2D eigenvalue weighted by Gasteiger charge is 2.11. The van der Waals surface area contributed by atoms with Crippen LogP contribution in [0.15, 0.2) is 59.4 Å². The second kappa shape index (κ2) is 7.66. The smallest absolute Gasteiger partial charge is 0.291 e. The Hall–Kier alpha value is -3.45. The predicted molar refractivity (Wildman–Crippen MR) is 111 cm³/mol. The van der Waals surface area contributed by atoms with Crippen molar-refractivity contribution in [2.75, 3.05) is 14.2 Å². The summed E-state index contributed by atoms with van der Waals surface area (Å²) in [5, 5.41) is 4.35. The van der Waals surface area contributed by atoms with Gasteiger partial charge in [-0.15, -0.1) is 5.10 Å². The molecule has 0 N–H and O–H groups in total. The fourth-order valence-electron chi connectivity index (χ4n) is 2.75. The van der Waals surface area contributed by atoms with E-state index in [1.165, 1.54) is 15.9 Å². The molecule has 0 aliphatic rings. The number of allylic oxidation sites excluding steroid dienone is 1. The summed E-state index contributed by atoms with van der Waals surface area (Å²) >= 11 is 1.31. The van der Waals surface area contributed by atoms with Gasteiger partial charge in [-0.3, -0.25) is 4.79 Å². The highest BCUT2D eigenvalue weighted by molar-refractivity contribution is 7.15. The third-order valence-electron chi connectivity index (χ3n) is 4.19. The van der Waals surface area contributed by atoms with Gasteiger partial charge in [0.25, 0.3) is 5.56 Å². The van der Waals surface area contributed by atoms with E-state index in [2.05, 4.69) is 10.1 Å². The molecular weight excluding hydrogens is 374 g/mol. The van der Waals surface area contributed by atoms with Crippen LogP contribution >= 0.6 is 11.3 Å². The van der Waals surface area contributed by atoms with Crippen LogP contribution in [0.4, 0.5) is 0 Å². The zero-order valence-corrected chi connectivity index (χ0v) is 16.1. The summed E-state index contributed by atoms with van der Waals surface area (Å²) in [5.41, 5.74) is 1.59. The first-order valence-electron chi connectivity index (χ1n) is 8.55. The minimum atomic E-state index is -0.183. The van der Waals surface area contributed by atoms with Gasteiger partial charge < -0.3 is 9.47 Å². The van der Waals surface area contributed by atoms with Crippen LogP contribution < -0.4 is 19.6 Å². The van der Waals surface area contributed by atoms with E-state index in [1.807, 2.05) is 60.7 Å². The van der Waals surface area contributed by atoms with Gasteiger partial charge in [0.2, 0.25) is 4.96 Å². The fraction of sp³-hybridized carbons (Fsp3) is 0.0952. The number of aromatic nitrogens is 3. The van der Waals surface area contributed by atoms with Crippen molar-refractivity contribution < 1.29 is 9.47 Å². The Balaban J connectivity index is 1.65. The Bertz CT molecular complexity index is 1260. The van der Waals surface area contributed by atoms with E-state index in [4.69, 9.17) is 9.47 Å². The molecule has 2 aromatic carbocycles. The Labute approximate surface area is 165 Å². The maximum atomic E-state index is 12.6. The van der Waals surface area contributed by atoms with Crippen LogP contribution in [0, 0.1) is 0 Å².